The molecule has 1 aliphatic carbocycles. The summed E-state index contributed by atoms with van der Waals surface area (Å²) in [6, 6.07) is 29.8. The number of hydrogen-bond donors (Lipinski definition) is 3. The molecule has 0 spiro atoms. The summed E-state index contributed by atoms with van der Waals surface area (Å²) in [5, 5.41) is 22.4. The van der Waals surface area contributed by atoms with Gasteiger partial charge in [-0.2, -0.15) is 5.10 Å². The van der Waals surface area contributed by atoms with Crippen LogP contribution in [0.25, 0.3) is 32.2 Å². The van der Waals surface area contributed by atoms with Gasteiger partial charge in [-0.1, -0.05) is 59.9 Å². The summed E-state index contributed by atoms with van der Waals surface area (Å²) in [4.78, 5) is 67.7. The van der Waals surface area contributed by atoms with E-state index in [1.165, 1.54) is 17.8 Å². The fraction of sp³-hybridized carbons (Fsp3) is 0.386. The van der Waals surface area contributed by atoms with Crippen molar-refractivity contribution in [2.75, 3.05) is 47.8 Å². The number of carboxylic acids is 1. The molecular formula is C57H61N9O6S. The summed E-state index contributed by atoms with van der Waals surface area (Å²) in [5.74, 6) is -0.257. The second-order valence-corrected chi connectivity index (χ2v) is 21.3. The summed E-state index contributed by atoms with van der Waals surface area (Å²) in [7, 11) is 1.94. The van der Waals surface area contributed by atoms with Crippen molar-refractivity contribution in [2.24, 2.45) is 13.0 Å². The highest BCUT2D eigenvalue weighted by atomic mass is 32.1. The van der Waals surface area contributed by atoms with Crippen LogP contribution in [0, 0.1) is 12.8 Å². The average molecular weight is 1000 g/mol. The fourth-order valence-corrected chi connectivity index (χ4v) is 12.6. The second-order valence-electron chi connectivity index (χ2n) is 20.3. The normalized spacial score (nSPS) is 20.5. The van der Waals surface area contributed by atoms with Gasteiger partial charge in [0.15, 0.2) is 10.8 Å². The third kappa shape index (κ3) is 9.77. The molecule has 4 aliphatic rings. The summed E-state index contributed by atoms with van der Waals surface area (Å²) in [6.45, 7) is 9.23. The number of imide groups is 1. The van der Waals surface area contributed by atoms with Gasteiger partial charge in [-0.3, -0.25) is 34.6 Å². The van der Waals surface area contributed by atoms with E-state index in [0.29, 0.717) is 66.4 Å². The number of carbonyl (C=O) groups is 4. The van der Waals surface area contributed by atoms with Crippen molar-refractivity contribution >= 4 is 72.8 Å². The number of nitrogens with zero attached hydrogens (tertiary/aromatic N) is 7. The predicted octanol–water partition coefficient (Wildman–Crippen LogP) is 9.52. The van der Waals surface area contributed by atoms with Crippen LogP contribution in [-0.4, -0.2) is 98.3 Å². The Balaban J connectivity index is 0.679. The number of piperidine rings is 1. The Hall–Kier alpha value is -7.17. The Morgan fingerprint density at radius 2 is 1.68 bits per heavy atom. The topological polar surface area (TPSA) is 175 Å². The number of anilines is 3. The quantitative estimate of drug-likeness (QED) is 0.0935. The number of amides is 3. The molecule has 11 rings (SSSR count). The molecular weight excluding hydrogens is 939 g/mol. The van der Waals surface area contributed by atoms with E-state index in [1.54, 1.807) is 0 Å². The number of hydrogen-bond acceptors (Lipinski definition) is 12. The number of benzene rings is 4. The molecule has 73 heavy (non-hydrogen) atoms. The van der Waals surface area contributed by atoms with Gasteiger partial charge in [0.1, 0.15) is 11.6 Å². The number of nitrogens with one attached hydrogen (secondary N) is 2. The molecule has 3 amide bonds. The van der Waals surface area contributed by atoms with Gasteiger partial charge in [0.05, 0.1) is 39.1 Å². The number of pyridine rings is 1. The van der Waals surface area contributed by atoms with Crippen LogP contribution in [0.3, 0.4) is 0 Å². The molecule has 3 fully saturated rings. The van der Waals surface area contributed by atoms with Crippen LogP contribution in [0.4, 0.5) is 16.6 Å². The van der Waals surface area contributed by atoms with E-state index in [1.807, 2.05) is 102 Å². The average Bonchev–Trinajstić information content (AvgIpc) is 3.97. The first-order valence-electron chi connectivity index (χ1n) is 25.8. The lowest BCUT2D eigenvalue weighted by atomic mass is 9.84. The molecule has 7 aromatic rings. The molecule has 1 unspecified atom stereocenters. The minimum atomic E-state index is -1.10. The zero-order valence-electron chi connectivity index (χ0n) is 41.6. The van der Waals surface area contributed by atoms with Gasteiger partial charge in [-0.25, -0.2) is 14.8 Å². The third-order valence-corrected chi connectivity index (χ3v) is 16.7. The molecule has 0 radical (unpaired) electrons. The highest BCUT2D eigenvalue weighted by Crippen LogP contribution is 2.39. The molecule has 3 aromatic heterocycles. The van der Waals surface area contributed by atoms with Crippen LogP contribution < -0.4 is 25.2 Å². The first kappa shape index (κ1) is 48.1. The first-order valence-corrected chi connectivity index (χ1v) is 26.6. The number of ether oxygens (including phenoxy) is 1. The van der Waals surface area contributed by atoms with E-state index < -0.39 is 11.9 Å². The molecule has 15 nitrogen and oxygen atoms in total. The minimum absolute atomic E-state index is 0.0217. The number of fused-ring (bicyclic) bond motifs is 3. The second kappa shape index (κ2) is 20.4. The van der Waals surface area contributed by atoms with Crippen molar-refractivity contribution in [2.45, 2.75) is 96.2 Å². The van der Waals surface area contributed by atoms with Gasteiger partial charge in [-0.15, -0.1) is 0 Å². The lowest BCUT2D eigenvalue weighted by molar-refractivity contribution is -0.134. The number of carboxylic acid groups (broad SMARTS) is 1. The number of para-hydroxylation sites is 2. The van der Waals surface area contributed by atoms with Crippen molar-refractivity contribution < 1.29 is 29.0 Å². The molecule has 376 valence electrons. The van der Waals surface area contributed by atoms with Crippen LogP contribution in [0.2, 0.25) is 0 Å². The highest BCUT2D eigenvalue weighted by molar-refractivity contribution is 7.22. The highest BCUT2D eigenvalue weighted by Gasteiger charge is 2.34. The number of aryl methyl sites for hydroxylation is 1. The van der Waals surface area contributed by atoms with Crippen LogP contribution in [-0.2, 0) is 29.6 Å². The fourth-order valence-electron chi connectivity index (χ4n) is 11.8. The van der Waals surface area contributed by atoms with Crippen molar-refractivity contribution in [3.8, 4) is 16.9 Å². The molecule has 2 saturated heterocycles. The lowest BCUT2D eigenvalue weighted by Gasteiger charge is -2.41. The molecule has 0 bridgehead atoms. The Morgan fingerprint density at radius 3 is 2.49 bits per heavy atom. The first-order chi connectivity index (χ1) is 35.4. The van der Waals surface area contributed by atoms with Gasteiger partial charge in [0, 0.05) is 68.7 Å². The van der Waals surface area contributed by atoms with Gasteiger partial charge in [0.25, 0.3) is 5.91 Å². The maximum Gasteiger partial charge on any atom is 0.355 e. The lowest BCUT2D eigenvalue weighted by Crippen LogP contribution is -2.52. The number of carbonyl (C=O) groups excluding carboxylic acids is 3. The molecule has 3 aliphatic heterocycles. The molecule has 1 saturated carbocycles. The number of rotatable bonds is 13. The molecule has 2 atom stereocenters. The smallest absolute Gasteiger partial charge is 0.355 e. The zero-order chi connectivity index (χ0) is 50.3. The standard InChI is InChI=1S/C57H61N9O6S/c1-34-32-65(46-16-7-14-42-51(62-63(3)53(42)46)43-24-26-50(67)60-55(43)69)31-30-64(34)28-9-10-36-19-21-38(22-20-36)72-47-17-8-12-39(35(47)2)40-23-25-49(59-52(40)56(70)71)66-29-27-37-11-6-13-41(44(37)33-66)54(68)61-57-58-45-15-4-5-18-48(45)73-57/h4-8,11-18,23,25,34,36,38,43H,9-10,19-22,24,26-33H2,1-3H3,(H,70,71)(H,58,61,68)(H,60,67,69)/t34-,36-,38-,43?/m0/s1. The SMILES string of the molecule is Cc1c(O[C@H]2CC[C@H](CCCN3CCN(c4cccc5c(C6CCC(=O)NC6=O)nn(C)c45)C[C@@H]3C)CC2)cccc1-c1ccc(N2CCc3cccc(C(=O)Nc4nc5ccccc5s4)c3C2)nc1C(=O)O. The molecule has 4 aromatic carbocycles. The van der Waals surface area contributed by atoms with Crippen LogP contribution in [0.1, 0.15) is 107 Å². The number of thiazole rings is 1. The van der Waals surface area contributed by atoms with Crippen molar-refractivity contribution in [3.63, 3.8) is 0 Å². The maximum atomic E-state index is 13.7. The Labute approximate surface area is 428 Å². The van der Waals surface area contributed by atoms with Crippen LogP contribution >= 0.6 is 11.3 Å². The Kier molecular flexibility index (Phi) is 13.4. The van der Waals surface area contributed by atoms with Crippen molar-refractivity contribution in [1.82, 2.24) is 30.0 Å². The molecule has 6 heterocycles. The van der Waals surface area contributed by atoms with E-state index in [2.05, 4.69) is 44.5 Å². The van der Waals surface area contributed by atoms with E-state index in [-0.39, 0.29) is 29.5 Å². The van der Waals surface area contributed by atoms with E-state index in [4.69, 9.17) is 14.8 Å². The van der Waals surface area contributed by atoms with Crippen LogP contribution in [0.15, 0.2) is 91.0 Å². The Bertz CT molecular complexity index is 3240. The van der Waals surface area contributed by atoms with Crippen molar-refractivity contribution in [1.29, 1.82) is 0 Å². The molecule has 3 N–H and O–H groups in total. The van der Waals surface area contributed by atoms with E-state index in [9.17, 15) is 24.3 Å². The Morgan fingerprint density at radius 1 is 0.863 bits per heavy atom. The van der Waals surface area contributed by atoms with E-state index in [0.717, 1.165) is 119 Å². The van der Waals surface area contributed by atoms with Gasteiger partial charge >= 0.3 is 5.97 Å². The third-order valence-electron chi connectivity index (χ3n) is 15.7. The summed E-state index contributed by atoms with van der Waals surface area (Å²) < 4.78 is 9.61. The van der Waals surface area contributed by atoms with Crippen molar-refractivity contribution in [3.05, 3.63) is 125 Å². The number of aromatic nitrogens is 4. The summed E-state index contributed by atoms with van der Waals surface area (Å²) in [6.07, 6.45) is 8.13. The predicted molar refractivity (Wildman–Crippen MR) is 285 cm³/mol. The number of aromatic carboxylic acids is 1. The summed E-state index contributed by atoms with van der Waals surface area (Å²) >= 11 is 1.44. The van der Waals surface area contributed by atoms with Gasteiger partial charge in [-0.05, 0) is 142 Å². The van der Waals surface area contributed by atoms with Gasteiger partial charge < -0.3 is 19.6 Å². The largest absolute Gasteiger partial charge is 0.490 e. The minimum Gasteiger partial charge on any atom is -0.490 e. The zero-order valence-corrected chi connectivity index (χ0v) is 42.4. The maximum absolute atomic E-state index is 13.7. The summed E-state index contributed by atoms with van der Waals surface area (Å²) in [5.41, 5.74) is 8.49. The molecule has 16 heteroatoms. The van der Waals surface area contributed by atoms with E-state index >= 15 is 0 Å². The van der Waals surface area contributed by atoms with Gasteiger partial charge in [0.2, 0.25) is 11.8 Å². The number of piperazine rings is 1. The monoisotopic (exact) mass is 999 g/mol. The van der Waals surface area contributed by atoms with Crippen LogP contribution in [0.5, 0.6) is 5.75 Å².